The Labute approximate surface area is 257 Å². The number of pyridine rings is 1. The molecule has 0 aliphatic carbocycles. The fraction of sp³-hybridized carbons (Fsp3) is 0.594. The lowest BCUT2D eigenvalue weighted by molar-refractivity contribution is -0.161. The Balaban J connectivity index is 1.13. The van der Waals surface area contributed by atoms with Gasteiger partial charge < -0.3 is 29.5 Å². The van der Waals surface area contributed by atoms with Gasteiger partial charge in [-0.05, 0) is 66.8 Å². The molecule has 1 amide bonds. The van der Waals surface area contributed by atoms with Gasteiger partial charge in [0, 0.05) is 12.6 Å². The highest BCUT2D eigenvalue weighted by Gasteiger charge is 2.58. The highest BCUT2D eigenvalue weighted by Crippen LogP contribution is 2.43. The van der Waals surface area contributed by atoms with Crippen molar-refractivity contribution in [1.82, 2.24) is 25.5 Å². The molecule has 0 radical (unpaired) electrons. The SMILES string of the molecule is CC(/C=C/[C@H]1O[C@H](CC(=O)On2nnc3cccnc32)C[C@@]2(CO2)[C@@H]1O)=C\C[C@@H]1O[C@H](C)[C@H](NC(=O)/C=C\C(C)C)C[C@@H]1C. The van der Waals surface area contributed by atoms with Crippen LogP contribution in [-0.4, -0.2) is 85.9 Å². The summed E-state index contributed by atoms with van der Waals surface area (Å²) in [5, 5.41) is 21.8. The molecule has 3 saturated heterocycles. The molecule has 12 nitrogen and oxygen atoms in total. The fourth-order valence-electron chi connectivity index (χ4n) is 5.77. The fourth-order valence-corrected chi connectivity index (χ4v) is 5.77. The number of fused-ring (bicyclic) bond motifs is 1. The summed E-state index contributed by atoms with van der Waals surface area (Å²) in [7, 11) is 0. The number of aliphatic hydroxyl groups is 1. The van der Waals surface area contributed by atoms with Crippen molar-refractivity contribution < 1.29 is 33.7 Å². The minimum absolute atomic E-state index is 0.0278. The normalized spacial score (nSPS) is 32.6. The molecule has 3 fully saturated rings. The first-order valence-corrected chi connectivity index (χ1v) is 15.4. The molecule has 12 heteroatoms. The van der Waals surface area contributed by atoms with Crippen LogP contribution in [-0.2, 0) is 23.8 Å². The third kappa shape index (κ3) is 7.79. The van der Waals surface area contributed by atoms with E-state index in [1.165, 1.54) is 0 Å². The van der Waals surface area contributed by atoms with E-state index in [1.54, 1.807) is 24.4 Å². The standard InChI is InChI=1S/C32H43N5O7/c1-19(2)8-13-28(38)34-25-15-21(4)26(42-22(25)5)11-9-20(3)10-12-27-30(40)32(18-41-32)17-23(43-27)16-29(39)44-37-31-24(35-36-37)7-6-14-33-31/h6-10,12-14,19,21-23,25-27,30,40H,11,15-18H2,1-5H3,(H,34,38)/b12-10+,13-8-,20-9+/t21-,22+,23+,25+,26-,27+,30+,32+/m0/s1. The van der Waals surface area contributed by atoms with Crippen molar-refractivity contribution in [2.75, 3.05) is 6.61 Å². The van der Waals surface area contributed by atoms with Crippen LogP contribution in [0.2, 0.25) is 0 Å². The van der Waals surface area contributed by atoms with Crippen molar-refractivity contribution in [2.45, 2.75) is 102 Å². The molecule has 238 valence electrons. The largest absolute Gasteiger partial charge is 0.387 e. The van der Waals surface area contributed by atoms with Crippen LogP contribution in [0.4, 0.5) is 0 Å². The first-order chi connectivity index (χ1) is 21.0. The molecule has 0 aromatic carbocycles. The van der Waals surface area contributed by atoms with Gasteiger partial charge in [-0.1, -0.05) is 50.6 Å². The second-order valence-electron chi connectivity index (χ2n) is 12.6. The van der Waals surface area contributed by atoms with Crippen LogP contribution in [0.25, 0.3) is 11.2 Å². The summed E-state index contributed by atoms with van der Waals surface area (Å²) in [5.41, 5.74) is 1.12. The Morgan fingerprint density at radius 1 is 1.27 bits per heavy atom. The maximum absolute atomic E-state index is 12.7. The number of allylic oxidation sites excluding steroid dienone is 3. The van der Waals surface area contributed by atoms with Gasteiger partial charge in [0.15, 0.2) is 0 Å². The number of nitrogens with one attached hydrogen (secondary N) is 1. The van der Waals surface area contributed by atoms with Crippen LogP contribution in [0.15, 0.2) is 54.3 Å². The topological polar surface area (TPSA) is 150 Å². The van der Waals surface area contributed by atoms with E-state index >= 15 is 0 Å². The molecular weight excluding hydrogens is 566 g/mol. The summed E-state index contributed by atoms with van der Waals surface area (Å²) in [4.78, 5) is 35.5. The zero-order chi connectivity index (χ0) is 31.4. The van der Waals surface area contributed by atoms with Crippen molar-refractivity contribution in [3.8, 4) is 0 Å². The number of hydrogen-bond acceptors (Lipinski definition) is 10. The van der Waals surface area contributed by atoms with Gasteiger partial charge in [-0.3, -0.25) is 4.79 Å². The third-order valence-electron chi connectivity index (χ3n) is 8.45. The highest BCUT2D eigenvalue weighted by atomic mass is 16.7. The van der Waals surface area contributed by atoms with Crippen molar-refractivity contribution in [3.63, 3.8) is 0 Å². The molecule has 3 aliphatic heterocycles. The van der Waals surface area contributed by atoms with Gasteiger partial charge in [0.2, 0.25) is 11.6 Å². The first kappa shape index (κ1) is 32.0. The predicted octanol–water partition coefficient (Wildman–Crippen LogP) is 2.86. The van der Waals surface area contributed by atoms with Crippen LogP contribution in [0.5, 0.6) is 0 Å². The predicted molar refractivity (Wildman–Crippen MR) is 161 cm³/mol. The number of hydrogen-bond donors (Lipinski definition) is 2. The molecule has 2 aromatic rings. The first-order valence-electron chi connectivity index (χ1n) is 15.4. The van der Waals surface area contributed by atoms with E-state index in [1.807, 2.05) is 45.9 Å². The number of aromatic nitrogens is 4. The van der Waals surface area contributed by atoms with Crippen molar-refractivity contribution in [2.24, 2.45) is 11.8 Å². The zero-order valence-electron chi connectivity index (χ0n) is 26.0. The van der Waals surface area contributed by atoms with Crippen LogP contribution in [0.1, 0.15) is 60.3 Å². The molecular formula is C32H43N5O7. The molecule has 5 heterocycles. The molecule has 0 saturated carbocycles. The van der Waals surface area contributed by atoms with E-state index in [0.29, 0.717) is 30.1 Å². The van der Waals surface area contributed by atoms with E-state index in [-0.39, 0.29) is 36.5 Å². The molecule has 2 N–H and O–H groups in total. The monoisotopic (exact) mass is 609 g/mol. The molecule has 0 bridgehead atoms. The second kappa shape index (κ2) is 13.7. The third-order valence-corrected chi connectivity index (χ3v) is 8.45. The summed E-state index contributed by atoms with van der Waals surface area (Å²) in [6, 6.07) is 3.41. The average Bonchev–Trinajstić information content (AvgIpc) is 3.64. The van der Waals surface area contributed by atoms with Gasteiger partial charge in [-0.2, -0.15) is 0 Å². The summed E-state index contributed by atoms with van der Waals surface area (Å²) in [5.74, 6) is -0.0553. The summed E-state index contributed by atoms with van der Waals surface area (Å²) < 4.78 is 18.1. The van der Waals surface area contributed by atoms with Gasteiger partial charge in [-0.25, -0.2) is 9.78 Å². The van der Waals surface area contributed by atoms with Crippen LogP contribution in [0, 0.1) is 11.8 Å². The lowest BCUT2D eigenvalue weighted by atomic mass is 9.87. The lowest BCUT2D eigenvalue weighted by Crippen LogP contribution is -2.50. The number of carbonyl (C=O) groups excluding carboxylic acids is 2. The zero-order valence-corrected chi connectivity index (χ0v) is 26.0. The van der Waals surface area contributed by atoms with Gasteiger partial charge in [0.1, 0.15) is 23.3 Å². The molecule has 1 spiro atoms. The summed E-state index contributed by atoms with van der Waals surface area (Å²) in [6.45, 7) is 10.6. The van der Waals surface area contributed by atoms with Crippen LogP contribution in [0.3, 0.4) is 0 Å². The maximum atomic E-state index is 12.7. The van der Waals surface area contributed by atoms with Gasteiger partial charge in [-0.15, -0.1) is 5.10 Å². The Morgan fingerprint density at radius 2 is 2.07 bits per heavy atom. The van der Waals surface area contributed by atoms with E-state index in [0.717, 1.165) is 23.3 Å². The Bertz CT molecular complexity index is 1410. The number of amides is 1. The van der Waals surface area contributed by atoms with Crippen LogP contribution < -0.4 is 10.2 Å². The van der Waals surface area contributed by atoms with E-state index in [4.69, 9.17) is 19.0 Å². The maximum Gasteiger partial charge on any atom is 0.337 e. The molecule has 44 heavy (non-hydrogen) atoms. The Morgan fingerprint density at radius 3 is 2.82 bits per heavy atom. The second-order valence-corrected chi connectivity index (χ2v) is 12.6. The number of rotatable bonds is 10. The quantitative estimate of drug-likeness (QED) is 0.178. The molecule has 8 atom stereocenters. The molecule has 5 rings (SSSR count). The van der Waals surface area contributed by atoms with E-state index in [2.05, 4.69) is 33.6 Å². The van der Waals surface area contributed by atoms with E-state index < -0.39 is 29.9 Å². The summed E-state index contributed by atoms with van der Waals surface area (Å²) in [6.07, 6.45) is 10.7. The molecule has 2 aromatic heterocycles. The van der Waals surface area contributed by atoms with Crippen molar-refractivity contribution in [1.29, 1.82) is 0 Å². The molecule has 0 unspecified atom stereocenters. The van der Waals surface area contributed by atoms with Crippen LogP contribution >= 0.6 is 0 Å². The number of epoxide rings is 1. The van der Waals surface area contributed by atoms with Crippen molar-refractivity contribution in [3.05, 3.63) is 54.3 Å². The minimum Gasteiger partial charge on any atom is -0.387 e. The minimum atomic E-state index is -0.854. The number of carbonyl (C=O) groups is 2. The highest BCUT2D eigenvalue weighted by molar-refractivity contribution is 5.87. The molecule has 3 aliphatic rings. The smallest absolute Gasteiger partial charge is 0.337 e. The Kier molecular flexibility index (Phi) is 9.94. The van der Waals surface area contributed by atoms with E-state index in [9.17, 15) is 14.7 Å². The Hall–Kier alpha value is -3.45. The lowest BCUT2D eigenvalue weighted by Gasteiger charge is -2.39. The average molecular weight is 610 g/mol. The van der Waals surface area contributed by atoms with Gasteiger partial charge >= 0.3 is 5.97 Å². The number of ether oxygens (including phenoxy) is 3. The van der Waals surface area contributed by atoms with Gasteiger partial charge in [0.25, 0.3) is 0 Å². The number of aliphatic hydroxyl groups excluding tert-OH is 1. The van der Waals surface area contributed by atoms with Crippen molar-refractivity contribution >= 4 is 23.0 Å². The number of nitrogens with zero attached hydrogens (tertiary/aromatic N) is 4. The summed E-state index contributed by atoms with van der Waals surface area (Å²) >= 11 is 0. The van der Waals surface area contributed by atoms with Gasteiger partial charge in [0.05, 0.1) is 37.4 Å².